The Balaban J connectivity index is 1.92. The highest BCUT2D eigenvalue weighted by atomic mass is 16.3. The molecular formula is C14H12N2O2. The number of benzene rings is 1. The van der Waals surface area contributed by atoms with Crippen LogP contribution >= 0.6 is 0 Å². The van der Waals surface area contributed by atoms with E-state index >= 15 is 0 Å². The third kappa shape index (κ3) is 1.68. The fourth-order valence-corrected chi connectivity index (χ4v) is 1.98. The van der Waals surface area contributed by atoms with Crippen LogP contribution in [-0.2, 0) is 7.05 Å². The number of fused-ring (bicyclic) bond motifs is 1. The zero-order valence-electron chi connectivity index (χ0n) is 9.88. The molecule has 0 spiro atoms. The summed E-state index contributed by atoms with van der Waals surface area (Å²) < 4.78 is 7.10. The van der Waals surface area contributed by atoms with Gasteiger partial charge in [0.2, 0.25) is 0 Å². The van der Waals surface area contributed by atoms with Gasteiger partial charge in [0.15, 0.2) is 5.58 Å². The maximum Gasteiger partial charge on any atom is 0.272 e. The lowest BCUT2D eigenvalue weighted by molar-refractivity contribution is 0.101. The Bertz CT molecular complexity index is 695. The molecule has 2 aromatic heterocycles. The zero-order chi connectivity index (χ0) is 12.5. The lowest BCUT2D eigenvalue weighted by Gasteiger charge is -2.05. The summed E-state index contributed by atoms with van der Waals surface area (Å²) in [6.07, 6.45) is 1.61. The van der Waals surface area contributed by atoms with Crippen LogP contribution in [0, 0.1) is 0 Å². The number of aryl methyl sites for hydroxylation is 1. The highest BCUT2D eigenvalue weighted by Crippen LogP contribution is 2.20. The van der Waals surface area contributed by atoms with Crippen molar-refractivity contribution in [3.63, 3.8) is 0 Å². The maximum absolute atomic E-state index is 12.1. The number of hydrogen-bond acceptors (Lipinski definition) is 2. The summed E-state index contributed by atoms with van der Waals surface area (Å²) in [6.45, 7) is 0. The molecule has 2 heterocycles. The molecule has 0 saturated heterocycles. The van der Waals surface area contributed by atoms with Gasteiger partial charge in [-0.25, -0.2) is 0 Å². The highest BCUT2D eigenvalue weighted by molar-refractivity contribution is 6.05. The van der Waals surface area contributed by atoms with Crippen LogP contribution in [0.25, 0.3) is 11.1 Å². The van der Waals surface area contributed by atoms with Crippen molar-refractivity contribution < 1.29 is 9.21 Å². The summed E-state index contributed by atoms with van der Waals surface area (Å²) in [5, 5.41) is 2.85. The molecule has 1 aromatic carbocycles. The standard InChI is InChI=1S/C14H12N2O2/c1-16-11-7-8-18-13(11)9-12(16)14(17)15-10-5-3-2-4-6-10/h2-9H,1H3,(H,15,17). The first-order chi connectivity index (χ1) is 8.75. The number of nitrogens with zero attached hydrogens (tertiary/aromatic N) is 1. The first-order valence-corrected chi connectivity index (χ1v) is 5.65. The number of nitrogens with one attached hydrogen (secondary N) is 1. The smallest absolute Gasteiger partial charge is 0.272 e. The molecule has 3 rings (SSSR count). The van der Waals surface area contributed by atoms with E-state index in [4.69, 9.17) is 4.42 Å². The van der Waals surface area contributed by atoms with Gasteiger partial charge < -0.3 is 14.3 Å². The van der Waals surface area contributed by atoms with Gasteiger partial charge in [-0.15, -0.1) is 0 Å². The molecule has 0 aliphatic carbocycles. The molecule has 0 atom stereocenters. The van der Waals surface area contributed by atoms with Gasteiger partial charge in [0.05, 0.1) is 11.8 Å². The Kier molecular flexibility index (Phi) is 2.41. The van der Waals surface area contributed by atoms with Crippen LogP contribution in [0.1, 0.15) is 10.5 Å². The van der Waals surface area contributed by atoms with Crippen LogP contribution in [0.4, 0.5) is 5.69 Å². The Morgan fingerprint density at radius 3 is 2.72 bits per heavy atom. The van der Waals surface area contributed by atoms with E-state index in [1.807, 2.05) is 48.0 Å². The van der Waals surface area contributed by atoms with Crippen LogP contribution in [0.3, 0.4) is 0 Å². The number of hydrogen-bond donors (Lipinski definition) is 1. The van der Waals surface area contributed by atoms with Gasteiger partial charge in [0, 0.05) is 24.9 Å². The molecule has 0 bridgehead atoms. The van der Waals surface area contributed by atoms with Gasteiger partial charge >= 0.3 is 0 Å². The lowest BCUT2D eigenvalue weighted by atomic mass is 10.3. The molecule has 0 radical (unpaired) electrons. The van der Waals surface area contributed by atoms with E-state index in [0.717, 1.165) is 16.8 Å². The summed E-state index contributed by atoms with van der Waals surface area (Å²) in [6, 6.07) is 13.0. The van der Waals surface area contributed by atoms with Crippen LogP contribution in [0.5, 0.6) is 0 Å². The fraction of sp³-hybridized carbons (Fsp3) is 0.0714. The number of amides is 1. The van der Waals surface area contributed by atoms with Gasteiger partial charge in [-0.1, -0.05) is 18.2 Å². The third-order valence-corrected chi connectivity index (χ3v) is 2.93. The second-order valence-corrected chi connectivity index (χ2v) is 4.08. The zero-order valence-corrected chi connectivity index (χ0v) is 9.88. The van der Waals surface area contributed by atoms with E-state index in [0.29, 0.717) is 5.69 Å². The molecule has 1 N–H and O–H groups in total. The second-order valence-electron chi connectivity index (χ2n) is 4.08. The minimum atomic E-state index is -0.143. The molecule has 0 aliphatic heterocycles. The number of carbonyl (C=O) groups excluding carboxylic acids is 1. The first kappa shape index (κ1) is 10.7. The maximum atomic E-state index is 12.1. The average molecular weight is 240 g/mol. The Labute approximate surface area is 104 Å². The van der Waals surface area contributed by atoms with E-state index in [1.54, 1.807) is 12.3 Å². The quantitative estimate of drug-likeness (QED) is 0.748. The number of para-hydroxylation sites is 1. The van der Waals surface area contributed by atoms with Gasteiger partial charge in [-0.05, 0) is 12.1 Å². The van der Waals surface area contributed by atoms with E-state index in [-0.39, 0.29) is 5.91 Å². The number of anilines is 1. The van der Waals surface area contributed by atoms with Crippen LogP contribution in [0.2, 0.25) is 0 Å². The lowest BCUT2D eigenvalue weighted by Crippen LogP contribution is -2.15. The van der Waals surface area contributed by atoms with Crippen LogP contribution in [-0.4, -0.2) is 10.5 Å². The Hall–Kier alpha value is -2.49. The van der Waals surface area contributed by atoms with E-state index < -0.39 is 0 Å². The molecule has 0 aliphatic rings. The molecule has 0 unspecified atom stereocenters. The van der Waals surface area contributed by atoms with E-state index in [1.165, 1.54) is 0 Å². The number of rotatable bonds is 2. The topological polar surface area (TPSA) is 47.2 Å². The predicted molar refractivity (Wildman–Crippen MR) is 69.6 cm³/mol. The van der Waals surface area contributed by atoms with Crippen LogP contribution in [0.15, 0.2) is 53.1 Å². The van der Waals surface area contributed by atoms with Gasteiger partial charge in [0.25, 0.3) is 5.91 Å². The van der Waals surface area contributed by atoms with Crippen molar-refractivity contribution in [1.82, 2.24) is 4.57 Å². The van der Waals surface area contributed by atoms with Crippen molar-refractivity contribution >= 4 is 22.7 Å². The molecule has 18 heavy (non-hydrogen) atoms. The summed E-state index contributed by atoms with van der Waals surface area (Å²) in [5.41, 5.74) is 2.98. The van der Waals surface area contributed by atoms with Gasteiger partial charge in [0.1, 0.15) is 5.69 Å². The summed E-state index contributed by atoms with van der Waals surface area (Å²) in [4.78, 5) is 12.1. The van der Waals surface area contributed by atoms with Gasteiger partial charge in [-0.3, -0.25) is 4.79 Å². The predicted octanol–water partition coefficient (Wildman–Crippen LogP) is 3.02. The molecular weight excluding hydrogens is 228 g/mol. The molecule has 0 saturated carbocycles. The first-order valence-electron chi connectivity index (χ1n) is 5.65. The molecule has 90 valence electrons. The summed E-state index contributed by atoms with van der Waals surface area (Å²) >= 11 is 0. The number of aromatic nitrogens is 1. The van der Waals surface area contributed by atoms with Crippen LogP contribution < -0.4 is 5.32 Å². The molecule has 4 heteroatoms. The SMILES string of the molecule is Cn1c(C(=O)Nc2ccccc2)cc2occc21. The third-order valence-electron chi connectivity index (χ3n) is 2.93. The van der Waals surface area contributed by atoms with Gasteiger partial charge in [-0.2, -0.15) is 0 Å². The molecule has 0 fully saturated rings. The van der Waals surface area contributed by atoms with Crippen molar-refractivity contribution in [2.75, 3.05) is 5.32 Å². The minimum absolute atomic E-state index is 0.143. The summed E-state index contributed by atoms with van der Waals surface area (Å²) in [5.74, 6) is -0.143. The van der Waals surface area contributed by atoms with E-state index in [9.17, 15) is 4.79 Å². The largest absolute Gasteiger partial charge is 0.463 e. The molecule has 3 aromatic rings. The van der Waals surface area contributed by atoms with E-state index in [2.05, 4.69) is 5.32 Å². The Morgan fingerprint density at radius 2 is 2.00 bits per heavy atom. The highest BCUT2D eigenvalue weighted by Gasteiger charge is 2.14. The molecule has 4 nitrogen and oxygen atoms in total. The second kappa shape index (κ2) is 4.07. The summed E-state index contributed by atoms with van der Waals surface area (Å²) in [7, 11) is 1.84. The minimum Gasteiger partial charge on any atom is -0.463 e. The molecule has 1 amide bonds. The van der Waals surface area contributed by atoms with Crippen molar-refractivity contribution in [2.24, 2.45) is 7.05 Å². The van der Waals surface area contributed by atoms with Crippen molar-refractivity contribution in [1.29, 1.82) is 0 Å². The Morgan fingerprint density at radius 1 is 1.22 bits per heavy atom. The van der Waals surface area contributed by atoms with Crippen molar-refractivity contribution in [3.8, 4) is 0 Å². The number of carbonyl (C=O) groups is 1. The average Bonchev–Trinajstić information content (AvgIpc) is 2.94. The fourth-order valence-electron chi connectivity index (χ4n) is 1.98. The monoisotopic (exact) mass is 240 g/mol. The van der Waals surface area contributed by atoms with Crippen molar-refractivity contribution in [2.45, 2.75) is 0 Å². The number of furan rings is 1. The normalized spacial score (nSPS) is 10.7. The van der Waals surface area contributed by atoms with Crippen molar-refractivity contribution in [3.05, 3.63) is 54.4 Å².